The third-order valence-electron chi connectivity index (χ3n) is 2.27. The molecule has 0 saturated heterocycles. The second kappa shape index (κ2) is 6.89. The van der Waals surface area contributed by atoms with E-state index in [9.17, 15) is 18.3 Å². The van der Waals surface area contributed by atoms with E-state index in [0.29, 0.717) is 12.2 Å². The molecule has 1 aromatic rings. The van der Waals surface area contributed by atoms with E-state index in [2.05, 4.69) is 0 Å². The second-order valence-corrected chi connectivity index (χ2v) is 4.80. The Bertz CT molecular complexity index is 351. The maximum atomic E-state index is 11.8. The molecule has 0 aromatic heterocycles. The summed E-state index contributed by atoms with van der Waals surface area (Å²) < 4.78 is 40.7. The van der Waals surface area contributed by atoms with Crippen LogP contribution in [-0.2, 0) is 0 Å². The first-order chi connectivity index (χ1) is 8.42. The zero-order chi connectivity index (χ0) is 13.6. The van der Waals surface area contributed by atoms with E-state index in [4.69, 9.17) is 4.74 Å². The summed E-state index contributed by atoms with van der Waals surface area (Å²) in [4.78, 5) is 0. The summed E-state index contributed by atoms with van der Waals surface area (Å²) in [6.45, 7) is 1.86. The Morgan fingerprint density at radius 2 is 1.89 bits per heavy atom. The molecule has 0 bridgehead atoms. The normalized spacial score (nSPS) is 13.4. The van der Waals surface area contributed by atoms with Crippen LogP contribution in [0, 0.1) is 0 Å². The molecule has 18 heavy (non-hydrogen) atoms. The van der Waals surface area contributed by atoms with Gasteiger partial charge in [0.15, 0.2) is 0 Å². The summed E-state index contributed by atoms with van der Waals surface area (Å²) in [7, 11) is 0. The molecule has 1 unspecified atom stereocenters. The van der Waals surface area contributed by atoms with Gasteiger partial charge in [-0.15, -0.1) is 0 Å². The number of hydrogen-bond donors (Lipinski definition) is 1. The van der Waals surface area contributed by atoms with Gasteiger partial charge in [0.05, 0.1) is 12.7 Å². The summed E-state index contributed by atoms with van der Waals surface area (Å²) in [5.74, 6) is 0.368. The molecule has 2 nitrogen and oxygen atoms in total. The van der Waals surface area contributed by atoms with E-state index in [-0.39, 0.29) is 24.1 Å². The maximum Gasteiger partial charge on any atom is 0.441 e. The van der Waals surface area contributed by atoms with Crippen LogP contribution in [0.1, 0.15) is 25.0 Å². The van der Waals surface area contributed by atoms with Crippen LogP contribution in [0.15, 0.2) is 24.3 Å². The topological polar surface area (TPSA) is 29.5 Å². The van der Waals surface area contributed by atoms with E-state index in [0.717, 1.165) is 5.56 Å². The zero-order valence-corrected chi connectivity index (χ0v) is 10.7. The molecule has 0 aliphatic rings. The highest BCUT2D eigenvalue weighted by Gasteiger charge is 2.27. The highest BCUT2D eigenvalue weighted by molar-refractivity contribution is 8.00. The molecule has 6 heteroatoms. The van der Waals surface area contributed by atoms with Gasteiger partial charge in [0.1, 0.15) is 5.75 Å². The lowest BCUT2D eigenvalue weighted by molar-refractivity contribution is -0.0329. The van der Waals surface area contributed by atoms with Gasteiger partial charge in [-0.05, 0) is 35.9 Å². The van der Waals surface area contributed by atoms with E-state index < -0.39 is 11.6 Å². The van der Waals surface area contributed by atoms with Crippen molar-refractivity contribution in [2.75, 3.05) is 12.4 Å². The molecule has 1 rings (SSSR count). The Balaban J connectivity index is 2.35. The van der Waals surface area contributed by atoms with Crippen molar-refractivity contribution in [1.29, 1.82) is 0 Å². The molecule has 102 valence electrons. The van der Waals surface area contributed by atoms with Crippen molar-refractivity contribution >= 4 is 11.8 Å². The monoisotopic (exact) mass is 280 g/mol. The minimum absolute atomic E-state index is 0.000144. The predicted molar refractivity (Wildman–Crippen MR) is 65.7 cm³/mol. The van der Waals surface area contributed by atoms with E-state index in [1.165, 1.54) is 0 Å². The summed E-state index contributed by atoms with van der Waals surface area (Å²) in [6, 6.07) is 6.71. The highest BCUT2D eigenvalue weighted by atomic mass is 32.2. The fourth-order valence-corrected chi connectivity index (χ4v) is 1.74. The number of thioether (sulfide) groups is 1. The Labute approximate surface area is 108 Å². The molecule has 1 atom stereocenters. The molecular formula is C12H15F3O2S. The van der Waals surface area contributed by atoms with Gasteiger partial charge in [-0.3, -0.25) is 0 Å². The van der Waals surface area contributed by atoms with Gasteiger partial charge in [-0.2, -0.15) is 13.2 Å². The number of ether oxygens (including phenoxy) is 1. The molecule has 0 heterocycles. The lowest BCUT2D eigenvalue weighted by Crippen LogP contribution is -2.07. The first kappa shape index (κ1) is 15.2. The van der Waals surface area contributed by atoms with Crippen LogP contribution in [0.4, 0.5) is 13.2 Å². The van der Waals surface area contributed by atoms with Gasteiger partial charge in [0.25, 0.3) is 0 Å². The fourth-order valence-electron chi connectivity index (χ4n) is 1.34. The van der Waals surface area contributed by atoms with Crippen molar-refractivity contribution in [2.45, 2.75) is 25.0 Å². The number of alkyl halides is 3. The van der Waals surface area contributed by atoms with Crippen molar-refractivity contribution < 1.29 is 23.0 Å². The average Bonchev–Trinajstić information content (AvgIpc) is 2.33. The minimum atomic E-state index is -4.21. The fraction of sp³-hybridized carbons (Fsp3) is 0.500. The summed E-state index contributed by atoms with van der Waals surface area (Å²) in [6.07, 6.45) is 0.0995. The maximum absolute atomic E-state index is 11.8. The van der Waals surface area contributed by atoms with Crippen LogP contribution in [0.5, 0.6) is 5.75 Å². The molecular weight excluding hydrogens is 265 g/mol. The van der Waals surface area contributed by atoms with E-state index in [1.54, 1.807) is 24.3 Å². The minimum Gasteiger partial charge on any atom is -0.493 e. The van der Waals surface area contributed by atoms with Crippen molar-refractivity contribution in [1.82, 2.24) is 0 Å². The molecule has 0 radical (unpaired) electrons. The van der Waals surface area contributed by atoms with E-state index in [1.807, 2.05) is 6.92 Å². The molecule has 1 aromatic carbocycles. The molecule has 0 saturated carbocycles. The Kier molecular flexibility index (Phi) is 5.81. The molecule has 0 aliphatic heterocycles. The van der Waals surface area contributed by atoms with Crippen LogP contribution < -0.4 is 4.74 Å². The van der Waals surface area contributed by atoms with Crippen LogP contribution in [-0.4, -0.2) is 23.0 Å². The summed E-state index contributed by atoms with van der Waals surface area (Å²) in [5, 5.41) is 9.55. The lowest BCUT2D eigenvalue weighted by atomic mass is 10.1. The first-order valence-corrected chi connectivity index (χ1v) is 6.52. The molecule has 0 amide bonds. The standard InChI is InChI=1S/C12H15F3O2S/c1-2-11(16)9-3-5-10(6-4-9)17-7-8-18-12(13,14)15/h3-6,11,16H,2,7-8H2,1H3. The van der Waals surface area contributed by atoms with E-state index >= 15 is 0 Å². The number of halogens is 3. The quantitative estimate of drug-likeness (QED) is 0.804. The van der Waals surface area contributed by atoms with Crippen LogP contribution >= 0.6 is 11.8 Å². The molecule has 0 spiro atoms. The first-order valence-electron chi connectivity index (χ1n) is 5.54. The lowest BCUT2D eigenvalue weighted by Gasteiger charge is -2.10. The van der Waals surface area contributed by atoms with Gasteiger partial charge in [0, 0.05) is 5.75 Å². The van der Waals surface area contributed by atoms with Gasteiger partial charge in [0.2, 0.25) is 0 Å². The Morgan fingerprint density at radius 1 is 1.28 bits per heavy atom. The third kappa shape index (κ3) is 5.64. The van der Waals surface area contributed by atoms with Crippen molar-refractivity contribution in [2.24, 2.45) is 0 Å². The van der Waals surface area contributed by atoms with Crippen molar-refractivity contribution in [3.8, 4) is 5.75 Å². The second-order valence-electron chi connectivity index (χ2n) is 3.64. The number of rotatable bonds is 6. The number of benzene rings is 1. The summed E-state index contributed by atoms with van der Waals surface area (Å²) >= 11 is -0.101. The number of hydrogen-bond acceptors (Lipinski definition) is 3. The molecule has 1 N–H and O–H groups in total. The number of aliphatic hydroxyl groups excluding tert-OH is 1. The molecule has 0 fully saturated rings. The average molecular weight is 280 g/mol. The predicted octanol–water partition coefficient (Wildman–Crippen LogP) is 3.76. The largest absolute Gasteiger partial charge is 0.493 e. The molecule has 0 aliphatic carbocycles. The van der Waals surface area contributed by atoms with Crippen LogP contribution in [0.2, 0.25) is 0 Å². The van der Waals surface area contributed by atoms with Crippen molar-refractivity contribution in [3.63, 3.8) is 0 Å². The number of aliphatic hydroxyl groups is 1. The SMILES string of the molecule is CCC(O)c1ccc(OCCSC(F)(F)F)cc1. The Morgan fingerprint density at radius 3 is 2.39 bits per heavy atom. The van der Waals surface area contributed by atoms with Crippen molar-refractivity contribution in [3.05, 3.63) is 29.8 Å². The van der Waals surface area contributed by atoms with Gasteiger partial charge >= 0.3 is 5.51 Å². The van der Waals surface area contributed by atoms with Crippen LogP contribution in [0.25, 0.3) is 0 Å². The third-order valence-corrected chi connectivity index (χ3v) is 2.97. The zero-order valence-electron chi connectivity index (χ0n) is 9.91. The highest BCUT2D eigenvalue weighted by Crippen LogP contribution is 2.29. The van der Waals surface area contributed by atoms with Gasteiger partial charge in [-0.1, -0.05) is 19.1 Å². The van der Waals surface area contributed by atoms with Gasteiger partial charge < -0.3 is 9.84 Å². The van der Waals surface area contributed by atoms with Gasteiger partial charge in [-0.25, -0.2) is 0 Å². The summed E-state index contributed by atoms with van der Waals surface area (Å²) in [5.41, 5.74) is -3.44. The smallest absolute Gasteiger partial charge is 0.441 e. The Hall–Kier alpha value is -0.880. The van der Waals surface area contributed by atoms with Crippen LogP contribution in [0.3, 0.4) is 0 Å².